The third-order valence-corrected chi connectivity index (χ3v) is 5.21. The fraction of sp³-hybridized carbons (Fsp3) is 0.100. The van der Waals surface area contributed by atoms with Crippen LogP contribution in [0.1, 0.15) is 5.56 Å². The van der Waals surface area contributed by atoms with Gasteiger partial charge in [0, 0.05) is 24.0 Å². The van der Waals surface area contributed by atoms with Crippen LogP contribution in [0.5, 0.6) is 11.5 Å². The summed E-state index contributed by atoms with van der Waals surface area (Å²) in [6.45, 7) is 0. The van der Waals surface area contributed by atoms with Gasteiger partial charge in [-0.15, -0.1) is 0 Å². The number of pyridine rings is 1. The first kappa shape index (κ1) is 19.4. The predicted octanol–water partition coefficient (Wildman–Crippen LogP) is 3.65. The number of nitrogens with one attached hydrogen (secondary N) is 1. The lowest BCUT2D eigenvalue weighted by molar-refractivity contribution is 0.394. The van der Waals surface area contributed by atoms with Gasteiger partial charge < -0.3 is 9.47 Å². The van der Waals surface area contributed by atoms with Gasteiger partial charge in [-0.05, 0) is 48.5 Å². The van der Waals surface area contributed by atoms with Gasteiger partial charge in [-0.3, -0.25) is 9.71 Å². The monoisotopic (exact) mass is 397 g/mol. The molecule has 0 radical (unpaired) electrons. The molecule has 0 atom stereocenters. The minimum absolute atomic E-state index is 0.124. The number of aliphatic imine (C=N–C) groups is 1. The Hall–Kier alpha value is -3.39. The lowest BCUT2D eigenvalue weighted by Gasteiger charge is -2.08. The quantitative estimate of drug-likeness (QED) is 0.615. The zero-order chi connectivity index (χ0) is 20.0. The van der Waals surface area contributed by atoms with Gasteiger partial charge in [-0.1, -0.05) is 6.07 Å². The van der Waals surface area contributed by atoms with E-state index in [0.29, 0.717) is 17.2 Å². The highest BCUT2D eigenvalue weighted by molar-refractivity contribution is 7.92. The molecule has 0 aliphatic heterocycles. The summed E-state index contributed by atoms with van der Waals surface area (Å²) in [4.78, 5) is 8.46. The zero-order valence-corrected chi connectivity index (χ0v) is 16.2. The Morgan fingerprint density at radius 1 is 1.00 bits per heavy atom. The van der Waals surface area contributed by atoms with E-state index < -0.39 is 10.0 Å². The summed E-state index contributed by atoms with van der Waals surface area (Å²) in [6.07, 6.45) is 3.16. The number of aromatic nitrogens is 1. The summed E-state index contributed by atoms with van der Waals surface area (Å²) in [5.74, 6) is 1.57. The van der Waals surface area contributed by atoms with Crippen LogP contribution >= 0.6 is 0 Å². The van der Waals surface area contributed by atoms with E-state index in [1.165, 1.54) is 18.3 Å². The van der Waals surface area contributed by atoms with Crippen LogP contribution in [-0.4, -0.2) is 33.8 Å². The Kier molecular flexibility index (Phi) is 5.90. The van der Waals surface area contributed by atoms with Crippen LogP contribution in [0, 0.1) is 0 Å². The van der Waals surface area contributed by atoms with E-state index in [2.05, 4.69) is 14.7 Å². The summed E-state index contributed by atoms with van der Waals surface area (Å²) in [7, 11) is -0.560. The smallest absolute Gasteiger partial charge is 0.263 e. The van der Waals surface area contributed by atoms with Crippen LogP contribution in [0.3, 0.4) is 0 Å². The van der Waals surface area contributed by atoms with Crippen molar-refractivity contribution in [3.63, 3.8) is 0 Å². The molecule has 7 nitrogen and oxygen atoms in total. The van der Waals surface area contributed by atoms with Gasteiger partial charge in [0.15, 0.2) is 0 Å². The summed E-state index contributed by atoms with van der Waals surface area (Å²) in [5.41, 5.74) is 1.38. The van der Waals surface area contributed by atoms with Gasteiger partial charge in [0.05, 0.1) is 24.8 Å². The number of benzene rings is 2. The number of methoxy groups -OCH3 is 2. The summed E-state index contributed by atoms with van der Waals surface area (Å²) in [5, 5.41) is 0. The lowest BCUT2D eigenvalue weighted by atomic mass is 10.2. The average molecular weight is 397 g/mol. The van der Waals surface area contributed by atoms with E-state index >= 15 is 0 Å². The Labute approximate surface area is 163 Å². The predicted molar refractivity (Wildman–Crippen MR) is 108 cm³/mol. The molecule has 0 saturated heterocycles. The number of sulfonamides is 1. The van der Waals surface area contributed by atoms with Crippen molar-refractivity contribution in [1.82, 2.24) is 4.98 Å². The van der Waals surface area contributed by atoms with Gasteiger partial charge in [0.2, 0.25) is 0 Å². The fourth-order valence-corrected chi connectivity index (χ4v) is 3.41. The first-order valence-corrected chi connectivity index (χ1v) is 9.80. The maximum Gasteiger partial charge on any atom is 0.263 e. The molecule has 0 bridgehead atoms. The third kappa shape index (κ3) is 4.66. The fourth-order valence-electron chi connectivity index (χ4n) is 2.40. The highest BCUT2D eigenvalue weighted by atomic mass is 32.2. The molecule has 0 unspecified atom stereocenters. The maximum atomic E-state index is 12.4. The van der Waals surface area contributed by atoms with Crippen molar-refractivity contribution < 1.29 is 17.9 Å². The van der Waals surface area contributed by atoms with Crippen molar-refractivity contribution in [2.45, 2.75) is 4.90 Å². The molecule has 1 heterocycles. The molecular formula is C20H19N3O4S. The van der Waals surface area contributed by atoms with Crippen molar-refractivity contribution in [3.05, 3.63) is 72.4 Å². The van der Waals surface area contributed by atoms with E-state index in [0.717, 1.165) is 5.56 Å². The van der Waals surface area contributed by atoms with Crippen molar-refractivity contribution >= 4 is 27.7 Å². The standard InChI is InChI=1S/C20H19N3O4S/c1-26-17-9-6-15(19(13-17)27-2)14-22-16-7-10-18(11-8-16)28(24,25)23-20-5-3-4-12-21-20/h3-14H,1-2H3,(H,21,23). The molecule has 1 N–H and O–H groups in total. The molecule has 0 aliphatic rings. The topological polar surface area (TPSA) is 89.9 Å². The number of hydrogen-bond acceptors (Lipinski definition) is 6. The van der Waals surface area contributed by atoms with E-state index in [1.807, 2.05) is 12.1 Å². The maximum absolute atomic E-state index is 12.4. The molecule has 3 aromatic rings. The Bertz CT molecular complexity index is 1070. The van der Waals surface area contributed by atoms with Crippen molar-refractivity contribution in [1.29, 1.82) is 0 Å². The highest BCUT2D eigenvalue weighted by Crippen LogP contribution is 2.24. The molecule has 0 saturated carbocycles. The van der Waals surface area contributed by atoms with Crippen LogP contribution in [0.2, 0.25) is 0 Å². The van der Waals surface area contributed by atoms with E-state index in [-0.39, 0.29) is 10.7 Å². The van der Waals surface area contributed by atoms with E-state index in [4.69, 9.17) is 9.47 Å². The first-order valence-electron chi connectivity index (χ1n) is 8.32. The minimum atomic E-state index is -3.71. The number of anilines is 1. The molecule has 3 rings (SSSR count). The summed E-state index contributed by atoms with van der Waals surface area (Å²) < 4.78 is 37.8. The Balaban J connectivity index is 1.77. The normalized spacial score (nSPS) is 11.4. The van der Waals surface area contributed by atoms with Crippen LogP contribution in [-0.2, 0) is 10.0 Å². The van der Waals surface area contributed by atoms with Crippen molar-refractivity contribution in [3.8, 4) is 11.5 Å². The van der Waals surface area contributed by atoms with E-state index in [9.17, 15) is 8.42 Å². The van der Waals surface area contributed by atoms with Gasteiger partial charge in [-0.2, -0.15) is 0 Å². The van der Waals surface area contributed by atoms with Gasteiger partial charge >= 0.3 is 0 Å². The van der Waals surface area contributed by atoms with Gasteiger partial charge in [0.25, 0.3) is 10.0 Å². The number of ether oxygens (including phenoxy) is 2. The second kappa shape index (κ2) is 8.53. The molecule has 28 heavy (non-hydrogen) atoms. The first-order chi connectivity index (χ1) is 13.5. The molecule has 2 aromatic carbocycles. The number of hydrogen-bond donors (Lipinski definition) is 1. The van der Waals surface area contributed by atoms with E-state index in [1.54, 1.807) is 56.8 Å². The number of rotatable bonds is 7. The third-order valence-electron chi connectivity index (χ3n) is 3.84. The number of nitrogens with zero attached hydrogens (tertiary/aromatic N) is 2. The molecule has 1 aromatic heterocycles. The molecule has 0 spiro atoms. The second-order valence-corrected chi connectivity index (χ2v) is 7.36. The van der Waals surface area contributed by atoms with Crippen molar-refractivity contribution in [2.75, 3.05) is 18.9 Å². The highest BCUT2D eigenvalue weighted by Gasteiger charge is 2.14. The second-order valence-electron chi connectivity index (χ2n) is 5.68. The molecule has 144 valence electrons. The SMILES string of the molecule is COc1ccc(C=Nc2ccc(S(=O)(=O)Nc3ccccn3)cc2)c(OC)c1. The Morgan fingerprint density at radius 3 is 2.43 bits per heavy atom. The summed E-state index contributed by atoms with van der Waals surface area (Å²) in [6, 6.07) is 16.6. The summed E-state index contributed by atoms with van der Waals surface area (Å²) >= 11 is 0. The van der Waals surface area contributed by atoms with Crippen LogP contribution in [0.4, 0.5) is 11.5 Å². The largest absolute Gasteiger partial charge is 0.497 e. The van der Waals surface area contributed by atoms with Gasteiger partial charge in [-0.25, -0.2) is 13.4 Å². The molecular weight excluding hydrogens is 378 g/mol. The Morgan fingerprint density at radius 2 is 1.79 bits per heavy atom. The molecule has 0 fully saturated rings. The molecule has 8 heteroatoms. The van der Waals surface area contributed by atoms with Crippen LogP contribution in [0.25, 0.3) is 0 Å². The van der Waals surface area contributed by atoms with Crippen molar-refractivity contribution in [2.24, 2.45) is 4.99 Å². The van der Waals surface area contributed by atoms with Crippen LogP contribution in [0.15, 0.2) is 76.7 Å². The lowest BCUT2D eigenvalue weighted by Crippen LogP contribution is -2.13. The average Bonchev–Trinajstić information content (AvgIpc) is 2.73. The van der Waals surface area contributed by atoms with Gasteiger partial charge in [0.1, 0.15) is 17.3 Å². The molecule has 0 aliphatic carbocycles. The minimum Gasteiger partial charge on any atom is -0.497 e. The van der Waals surface area contributed by atoms with Crippen LogP contribution < -0.4 is 14.2 Å². The molecule has 0 amide bonds. The zero-order valence-electron chi connectivity index (χ0n) is 15.4.